The molecule has 0 radical (unpaired) electrons. The van der Waals surface area contributed by atoms with Gasteiger partial charge in [0, 0.05) is 13.0 Å². The summed E-state index contributed by atoms with van der Waals surface area (Å²) in [6.07, 6.45) is -4.69. The molecular formula is C13H14F3NO3. The van der Waals surface area contributed by atoms with Crippen LogP contribution in [-0.2, 0) is 15.7 Å². The summed E-state index contributed by atoms with van der Waals surface area (Å²) >= 11 is 0. The van der Waals surface area contributed by atoms with Gasteiger partial charge in [-0.25, -0.2) is 0 Å². The molecule has 1 heterocycles. The number of halogens is 3. The van der Waals surface area contributed by atoms with E-state index in [1.165, 1.54) is 25.3 Å². The van der Waals surface area contributed by atoms with Crippen LogP contribution in [0.1, 0.15) is 12.0 Å². The van der Waals surface area contributed by atoms with Gasteiger partial charge in [-0.05, 0) is 12.1 Å². The van der Waals surface area contributed by atoms with Crippen LogP contribution in [0.25, 0.3) is 0 Å². The Balaban J connectivity index is 2.07. The number of esters is 1. The van der Waals surface area contributed by atoms with Crippen LogP contribution in [0.5, 0.6) is 5.75 Å². The second-order valence-corrected chi connectivity index (χ2v) is 4.45. The molecule has 1 aliphatic heterocycles. The van der Waals surface area contributed by atoms with Crippen molar-refractivity contribution in [2.75, 3.05) is 13.7 Å². The van der Waals surface area contributed by atoms with E-state index >= 15 is 0 Å². The quantitative estimate of drug-likeness (QED) is 0.865. The number of nitrogens with one attached hydrogen (secondary N) is 1. The number of carbonyl (C=O) groups is 1. The van der Waals surface area contributed by atoms with Crippen molar-refractivity contribution in [3.63, 3.8) is 0 Å². The first-order valence-corrected chi connectivity index (χ1v) is 6.06. The maximum Gasteiger partial charge on any atom is 0.419 e. The van der Waals surface area contributed by atoms with Gasteiger partial charge in [-0.1, -0.05) is 12.1 Å². The highest BCUT2D eigenvalue weighted by Gasteiger charge is 2.36. The van der Waals surface area contributed by atoms with Crippen LogP contribution < -0.4 is 10.1 Å². The maximum absolute atomic E-state index is 12.8. The van der Waals surface area contributed by atoms with Gasteiger partial charge in [0.2, 0.25) is 0 Å². The summed E-state index contributed by atoms with van der Waals surface area (Å²) in [7, 11) is 1.26. The molecule has 1 N–H and O–H groups in total. The van der Waals surface area contributed by atoms with Gasteiger partial charge < -0.3 is 14.8 Å². The van der Waals surface area contributed by atoms with Crippen molar-refractivity contribution in [2.45, 2.75) is 24.7 Å². The molecule has 0 aromatic heterocycles. The van der Waals surface area contributed by atoms with E-state index in [2.05, 4.69) is 10.1 Å². The van der Waals surface area contributed by atoms with Crippen molar-refractivity contribution in [3.05, 3.63) is 29.8 Å². The predicted molar refractivity (Wildman–Crippen MR) is 64.3 cm³/mol. The Hall–Kier alpha value is -1.76. The third-order valence-electron chi connectivity index (χ3n) is 3.06. The van der Waals surface area contributed by atoms with E-state index in [-0.39, 0.29) is 12.2 Å². The number of benzene rings is 1. The van der Waals surface area contributed by atoms with E-state index in [0.29, 0.717) is 6.54 Å². The van der Waals surface area contributed by atoms with E-state index in [4.69, 9.17) is 4.74 Å². The first-order valence-electron chi connectivity index (χ1n) is 6.06. The van der Waals surface area contributed by atoms with Crippen LogP contribution in [0, 0.1) is 0 Å². The van der Waals surface area contributed by atoms with E-state index in [0.717, 1.165) is 6.07 Å². The Bertz CT molecular complexity index is 490. The number of hydrogen-bond donors (Lipinski definition) is 1. The number of rotatable bonds is 3. The molecule has 0 amide bonds. The molecule has 0 aliphatic carbocycles. The molecule has 1 aromatic rings. The van der Waals surface area contributed by atoms with Crippen molar-refractivity contribution in [1.29, 1.82) is 0 Å². The van der Waals surface area contributed by atoms with Gasteiger partial charge >= 0.3 is 12.1 Å². The monoisotopic (exact) mass is 289 g/mol. The molecule has 1 saturated heterocycles. The minimum Gasteiger partial charge on any atom is -0.488 e. The van der Waals surface area contributed by atoms with Gasteiger partial charge in [0.1, 0.15) is 17.9 Å². The zero-order valence-electron chi connectivity index (χ0n) is 10.7. The molecule has 20 heavy (non-hydrogen) atoms. The van der Waals surface area contributed by atoms with E-state index < -0.39 is 29.9 Å². The number of para-hydroxylation sites is 1. The lowest BCUT2D eigenvalue weighted by Crippen LogP contribution is -2.31. The van der Waals surface area contributed by atoms with Gasteiger partial charge in [-0.2, -0.15) is 13.2 Å². The fourth-order valence-electron chi connectivity index (χ4n) is 2.10. The summed E-state index contributed by atoms with van der Waals surface area (Å²) in [5.41, 5.74) is -0.818. The fraction of sp³-hybridized carbons (Fsp3) is 0.462. The lowest BCUT2D eigenvalue weighted by molar-refractivity contribution is -0.143. The SMILES string of the molecule is COC(=O)[C@@H]1C[C@H](Oc2ccccc2C(F)(F)F)CN1. The van der Waals surface area contributed by atoms with Crippen molar-refractivity contribution < 1.29 is 27.4 Å². The summed E-state index contributed by atoms with van der Waals surface area (Å²) in [5.74, 6) is -0.669. The highest BCUT2D eigenvalue weighted by Crippen LogP contribution is 2.36. The summed E-state index contributed by atoms with van der Waals surface area (Å²) < 4.78 is 48.4. The van der Waals surface area contributed by atoms with Crippen LogP contribution in [-0.4, -0.2) is 31.8 Å². The van der Waals surface area contributed by atoms with E-state index in [9.17, 15) is 18.0 Å². The first kappa shape index (κ1) is 14.6. The second kappa shape index (κ2) is 5.70. The van der Waals surface area contributed by atoms with Crippen LogP contribution in [0.4, 0.5) is 13.2 Å². The number of alkyl halides is 3. The number of hydrogen-bond acceptors (Lipinski definition) is 4. The molecule has 4 nitrogen and oxygen atoms in total. The normalized spacial score (nSPS) is 22.6. The molecule has 7 heteroatoms. The largest absolute Gasteiger partial charge is 0.488 e. The van der Waals surface area contributed by atoms with Gasteiger partial charge in [0.15, 0.2) is 0 Å². The van der Waals surface area contributed by atoms with E-state index in [1.54, 1.807) is 0 Å². The summed E-state index contributed by atoms with van der Waals surface area (Å²) in [6, 6.07) is 4.48. The Morgan fingerprint density at radius 1 is 1.35 bits per heavy atom. The molecule has 0 spiro atoms. The van der Waals surface area contributed by atoms with Crippen LogP contribution in [0.2, 0.25) is 0 Å². The molecule has 1 fully saturated rings. The molecule has 1 aliphatic rings. The van der Waals surface area contributed by atoms with Crippen LogP contribution in [0.3, 0.4) is 0 Å². The standard InChI is InChI=1S/C13H14F3NO3/c1-19-12(18)10-6-8(7-17-10)20-11-5-3-2-4-9(11)13(14,15)16/h2-5,8,10,17H,6-7H2,1H3/t8-,10-/m0/s1. The molecule has 0 bridgehead atoms. The average Bonchev–Trinajstić information content (AvgIpc) is 2.86. The molecule has 2 rings (SSSR count). The van der Waals surface area contributed by atoms with Crippen LogP contribution >= 0.6 is 0 Å². The minimum atomic E-state index is -4.47. The second-order valence-electron chi connectivity index (χ2n) is 4.45. The Morgan fingerprint density at radius 2 is 2.05 bits per heavy atom. The number of carbonyl (C=O) groups excluding carboxylic acids is 1. The molecule has 110 valence electrons. The molecule has 2 atom stereocenters. The predicted octanol–water partition coefficient (Wildman–Crippen LogP) is 1.99. The zero-order valence-corrected chi connectivity index (χ0v) is 10.7. The third-order valence-corrected chi connectivity index (χ3v) is 3.06. The van der Waals surface area contributed by atoms with Crippen molar-refractivity contribution in [1.82, 2.24) is 5.32 Å². The summed E-state index contributed by atoms with van der Waals surface area (Å²) in [6.45, 7) is 0.298. The van der Waals surface area contributed by atoms with Gasteiger partial charge in [-0.3, -0.25) is 4.79 Å². The Labute approximate surface area is 113 Å². The average molecular weight is 289 g/mol. The molecule has 0 saturated carbocycles. The number of methoxy groups -OCH3 is 1. The topological polar surface area (TPSA) is 47.6 Å². The Kier molecular flexibility index (Phi) is 4.17. The number of ether oxygens (including phenoxy) is 2. The van der Waals surface area contributed by atoms with Gasteiger partial charge in [0.25, 0.3) is 0 Å². The lowest BCUT2D eigenvalue weighted by Gasteiger charge is -2.17. The minimum absolute atomic E-state index is 0.225. The molecule has 0 unspecified atom stereocenters. The zero-order chi connectivity index (χ0) is 14.8. The van der Waals surface area contributed by atoms with Crippen molar-refractivity contribution >= 4 is 5.97 Å². The first-order chi connectivity index (χ1) is 9.41. The van der Waals surface area contributed by atoms with Gasteiger partial charge in [0.05, 0.1) is 12.7 Å². The van der Waals surface area contributed by atoms with E-state index in [1.807, 2.05) is 0 Å². The fourth-order valence-corrected chi connectivity index (χ4v) is 2.10. The smallest absolute Gasteiger partial charge is 0.419 e. The van der Waals surface area contributed by atoms with Crippen LogP contribution in [0.15, 0.2) is 24.3 Å². The van der Waals surface area contributed by atoms with Crippen molar-refractivity contribution in [3.8, 4) is 5.75 Å². The maximum atomic E-state index is 12.8. The lowest BCUT2D eigenvalue weighted by atomic mass is 10.1. The van der Waals surface area contributed by atoms with Gasteiger partial charge in [-0.15, -0.1) is 0 Å². The molecular weight excluding hydrogens is 275 g/mol. The summed E-state index contributed by atoms with van der Waals surface area (Å²) in [4.78, 5) is 11.3. The summed E-state index contributed by atoms with van der Waals surface area (Å²) in [5, 5.41) is 2.86. The van der Waals surface area contributed by atoms with Crippen molar-refractivity contribution in [2.24, 2.45) is 0 Å². The highest BCUT2D eigenvalue weighted by molar-refractivity contribution is 5.76. The molecule has 1 aromatic carbocycles. The highest BCUT2D eigenvalue weighted by atomic mass is 19.4. The Morgan fingerprint density at radius 3 is 2.70 bits per heavy atom. The third kappa shape index (κ3) is 3.22.